The van der Waals surface area contributed by atoms with E-state index in [1.807, 2.05) is 72.9 Å². The number of hydrogen-bond donors (Lipinski definition) is 1. The smallest absolute Gasteiger partial charge is 0.191 e. The maximum absolute atomic E-state index is 12.9. The Labute approximate surface area is 151 Å². The van der Waals surface area contributed by atoms with Crippen LogP contribution in [0.4, 0.5) is 5.69 Å². The molecule has 3 heteroatoms. The molecule has 0 aromatic heterocycles. The minimum absolute atomic E-state index is 0.0512. The third kappa shape index (κ3) is 2.97. The summed E-state index contributed by atoms with van der Waals surface area (Å²) in [6, 6.07) is 25.4. The van der Waals surface area contributed by atoms with Gasteiger partial charge in [-0.2, -0.15) is 0 Å². The number of halogens is 1. The number of hydrogen-bond acceptors (Lipinski definition) is 2. The summed E-state index contributed by atoms with van der Waals surface area (Å²) in [5.41, 5.74) is 4.60. The lowest BCUT2D eigenvalue weighted by Crippen LogP contribution is -2.05. The van der Waals surface area contributed by atoms with Gasteiger partial charge < -0.3 is 5.32 Å². The molecular formula is C22H16ClNO. The summed E-state index contributed by atoms with van der Waals surface area (Å²) in [5.74, 6) is 0.0237. The van der Waals surface area contributed by atoms with Crippen LogP contribution in [0.25, 0.3) is 0 Å². The summed E-state index contributed by atoms with van der Waals surface area (Å²) >= 11 is 5.93. The first-order valence-electron chi connectivity index (χ1n) is 8.15. The summed E-state index contributed by atoms with van der Waals surface area (Å²) < 4.78 is 0. The third-order valence-electron chi connectivity index (χ3n) is 4.46. The van der Waals surface area contributed by atoms with Crippen molar-refractivity contribution in [3.05, 3.63) is 112 Å². The highest BCUT2D eigenvalue weighted by molar-refractivity contribution is 6.30. The van der Waals surface area contributed by atoms with Crippen LogP contribution in [-0.2, 0) is 0 Å². The Morgan fingerprint density at radius 1 is 0.840 bits per heavy atom. The number of anilines is 1. The van der Waals surface area contributed by atoms with Gasteiger partial charge in [0.1, 0.15) is 0 Å². The maximum Gasteiger partial charge on any atom is 0.191 e. The van der Waals surface area contributed by atoms with Crippen LogP contribution in [0.1, 0.15) is 27.4 Å². The molecule has 1 aliphatic carbocycles. The van der Waals surface area contributed by atoms with Crippen LogP contribution in [0.5, 0.6) is 0 Å². The van der Waals surface area contributed by atoms with Crippen LogP contribution in [0, 0.1) is 0 Å². The molecule has 1 aliphatic rings. The van der Waals surface area contributed by atoms with E-state index in [1.165, 1.54) is 0 Å². The molecule has 2 nitrogen and oxygen atoms in total. The van der Waals surface area contributed by atoms with Gasteiger partial charge in [-0.15, -0.1) is 0 Å². The summed E-state index contributed by atoms with van der Waals surface area (Å²) in [5, 5.41) is 3.92. The maximum atomic E-state index is 12.9. The van der Waals surface area contributed by atoms with Gasteiger partial charge >= 0.3 is 0 Å². The molecule has 0 bridgehead atoms. The van der Waals surface area contributed by atoms with Crippen molar-refractivity contribution in [3.63, 3.8) is 0 Å². The molecule has 0 saturated heterocycles. The number of nitrogens with one attached hydrogen (secondary N) is 1. The van der Waals surface area contributed by atoms with Crippen LogP contribution in [0.2, 0.25) is 5.02 Å². The van der Waals surface area contributed by atoms with Gasteiger partial charge in [-0.1, -0.05) is 66.2 Å². The van der Waals surface area contributed by atoms with Crippen molar-refractivity contribution in [2.75, 3.05) is 5.32 Å². The van der Waals surface area contributed by atoms with E-state index in [9.17, 15) is 4.79 Å². The standard InChI is InChI=1S/C22H16ClNO/c23-16-10-12-17(13-11-16)24-14-20-21(15-6-2-1-3-7-15)18-8-4-5-9-19(18)22(20)25/h1-14,21,24H/b20-14-/t21-/m1/s1. The van der Waals surface area contributed by atoms with E-state index in [0.29, 0.717) is 5.02 Å². The molecule has 1 atom stereocenters. The number of carbonyl (C=O) groups excluding carboxylic acids is 1. The zero-order valence-electron chi connectivity index (χ0n) is 13.4. The SMILES string of the molecule is O=C1/C(=C\Nc2ccc(Cl)cc2)[C@H](c2ccccc2)c2ccccc21. The molecule has 3 aromatic carbocycles. The Bertz CT molecular complexity index is 945. The van der Waals surface area contributed by atoms with Crippen molar-refractivity contribution < 1.29 is 4.79 Å². The van der Waals surface area contributed by atoms with Crippen molar-refractivity contribution in [2.24, 2.45) is 0 Å². The predicted molar refractivity (Wildman–Crippen MR) is 102 cm³/mol. The van der Waals surface area contributed by atoms with Crippen molar-refractivity contribution >= 4 is 23.1 Å². The van der Waals surface area contributed by atoms with E-state index in [1.54, 1.807) is 0 Å². The molecule has 0 radical (unpaired) electrons. The lowest BCUT2D eigenvalue weighted by atomic mass is 9.90. The molecule has 3 aromatic rings. The van der Waals surface area contributed by atoms with Crippen LogP contribution in [0.3, 0.4) is 0 Å². The van der Waals surface area contributed by atoms with E-state index in [-0.39, 0.29) is 11.7 Å². The van der Waals surface area contributed by atoms with Crippen molar-refractivity contribution in [3.8, 4) is 0 Å². The first kappa shape index (κ1) is 15.7. The highest BCUT2D eigenvalue weighted by Crippen LogP contribution is 2.41. The highest BCUT2D eigenvalue weighted by atomic mass is 35.5. The summed E-state index contributed by atoms with van der Waals surface area (Å²) in [6.45, 7) is 0. The van der Waals surface area contributed by atoms with Crippen molar-refractivity contribution in [2.45, 2.75) is 5.92 Å². The average Bonchev–Trinajstić information content (AvgIpc) is 2.94. The summed E-state index contributed by atoms with van der Waals surface area (Å²) in [7, 11) is 0. The molecular weight excluding hydrogens is 330 g/mol. The van der Waals surface area contributed by atoms with Gasteiger partial charge in [-0.3, -0.25) is 4.79 Å². The molecule has 0 fully saturated rings. The minimum atomic E-state index is -0.0512. The second kappa shape index (κ2) is 6.58. The monoisotopic (exact) mass is 345 g/mol. The van der Waals surface area contributed by atoms with E-state index >= 15 is 0 Å². The number of rotatable bonds is 3. The molecule has 1 N–H and O–H groups in total. The number of benzene rings is 3. The first-order valence-corrected chi connectivity index (χ1v) is 8.52. The number of carbonyl (C=O) groups is 1. The molecule has 4 rings (SSSR count). The van der Waals surface area contributed by atoms with Gasteiger partial charge in [0.05, 0.1) is 0 Å². The van der Waals surface area contributed by atoms with Crippen LogP contribution >= 0.6 is 11.6 Å². The Morgan fingerprint density at radius 3 is 2.28 bits per heavy atom. The third-order valence-corrected chi connectivity index (χ3v) is 4.71. The lowest BCUT2D eigenvalue weighted by Gasteiger charge is -2.14. The van der Waals surface area contributed by atoms with Gasteiger partial charge in [0.15, 0.2) is 5.78 Å². The van der Waals surface area contributed by atoms with E-state index < -0.39 is 0 Å². The van der Waals surface area contributed by atoms with Gasteiger partial charge in [-0.05, 0) is 35.4 Å². The lowest BCUT2D eigenvalue weighted by molar-refractivity contribution is 0.103. The van der Waals surface area contributed by atoms with Crippen molar-refractivity contribution in [1.29, 1.82) is 0 Å². The molecule has 0 saturated carbocycles. The molecule has 0 aliphatic heterocycles. The van der Waals surface area contributed by atoms with E-state index in [2.05, 4.69) is 17.4 Å². The quantitative estimate of drug-likeness (QED) is 0.620. The minimum Gasteiger partial charge on any atom is -0.361 e. The zero-order chi connectivity index (χ0) is 17.2. The highest BCUT2D eigenvalue weighted by Gasteiger charge is 2.35. The number of fused-ring (bicyclic) bond motifs is 1. The Kier molecular flexibility index (Phi) is 4.12. The number of ketones is 1. The fourth-order valence-electron chi connectivity index (χ4n) is 3.27. The summed E-state index contributed by atoms with van der Waals surface area (Å²) in [4.78, 5) is 12.9. The van der Waals surface area contributed by atoms with E-state index in [0.717, 1.165) is 28.0 Å². The van der Waals surface area contributed by atoms with Crippen LogP contribution in [0.15, 0.2) is 90.6 Å². The normalized spacial score (nSPS) is 17.6. The Balaban J connectivity index is 1.76. The zero-order valence-corrected chi connectivity index (χ0v) is 14.2. The molecule has 0 heterocycles. The largest absolute Gasteiger partial charge is 0.361 e. The molecule has 25 heavy (non-hydrogen) atoms. The predicted octanol–water partition coefficient (Wildman–Crippen LogP) is 5.66. The fraction of sp³-hybridized carbons (Fsp3) is 0.0455. The topological polar surface area (TPSA) is 29.1 Å². The van der Waals surface area contributed by atoms with Crippen LogP contribution in [-0.4, -0.2) is 5.78 Å². The summed E-state index contributed by atoms with van der Waals surface area (Å²) in [6.07, 6.45) is 1.82. The van der Waals surface area contributed by atoms with Gasteiger partial charge in [0, 0.05) is 34.0 Å². The molecule has 0 spiro atoms. The number of Topliss-reactive ketones (excluding diaryl/α,β-unsaturated/α-hetero) is 1. The van der Waals surface area contributed by atoms with Gasteiger partial charge in [0.25, 0.3) is 0 Å². The second-order valence-electron chi connectivity index (χ2n) is 6.01. The Morgan fingerprint density at radius 2 is 1.52 bits per heavy atom. The molecule has 0 unspecified atom stereocenters. The van der Waals surface area contributed by atoms with E-state index in [4.69, 9.17) is 11.6 Å². The van der Waals surface area contributed by atoms with Crippen LogP contribution < -0.4 is 5.32 Å². The molecule has 122 valence electrons. The second-order valence-corrected chi connectivity index (χ2v) is 6.45. The Hall–Kier alpha value is -2.84. The van der Waals surface area contributed by atoms with Gasteiger partial charge in [0.2, 0.25) is 0 Å². The fourth-order valence-corrected chi connectivity index (χ4v) is 3.40. The van der Waals surface area contributed by atoms with Crippen molar-refractivity contribution in [1.82, 2.24) is 0 Å². The van der Waals surface area contributed by atoms with Gasteiger partial charge in [-0.25, -0.2) is 0 Å². The average molecular weight is 346 g/mol. The number of allylic oxidation sites excluding steroid dienone is 1. The molecule has 0 amide bonds. The first-order chi connectivity index (χ1) is 12.2.